The molecule has 0 radical (unpaired) electrons. The number of rotatable bonds is 6. The minimum absolute atomic E-state index is 0.433. The predicted molar refractivity (Wildman–Crippen MR) is 64.3 cm³/mol. The van der Waals surface area contributed by atoms with Crippen molar-refractivity contribution in [3.05, 3.63) is 22.4 Å². The molecule has 1 aliphatic carbocycles. The fourth-order valence-electron chi connectivity index (χ4n) is 1.95. The minimum atomic E-state index is 0.433. The molecule has 2 nitrogen and oxygen atoms in total. The molecule has 2 unspecified atom stereocenters. The van der Waals surface area contributed by atoms with Crippen molar-refractivity contribution in [1.82, 2.24) is 5.32 Å². The highest BCUT2D eigenvalue weighted by atomic mass is 32.1. The second kappa shape index (κ2) is 5.10. The highest BCUT2D eigenvalue weighted by Gasteiger charge is 2.33. The van der Waals surface area contributed by atoms with Crippen molar-refractivity contribution < 1.29 is 4.74 Å². The molecule has 1 heterocycles. The summed E-state index contributed by atoms with van der Waals surface area (Å²) in [6.45, 7) is 2.97. The van der Waals surface area contributed by atoms with Gasteiger partial charge in [0.05, 0.1) is 6.61 Å². The average molecular weight is 225 g/mol. The number of ether oxygens (including phenoxy) is 1. The third-order valence-electron chi connectivity index (χ3n) is 2.82. The SMILES string of the molecule is COCC(C)NC(c1cccs1)C1CC1. The van der Waals surface area contributed by atoms with Crippen LogP contribution in [0.15, 0.2) is 17.5 Å². The predicted octanol–water partition coefficient (Wildman–Crippen LogP) is 2.82. The number of thiophene rings is 1. The van der Waals surface area contributed by atoms with Crippen LogP contribution in [-0.2, 0) is 4.74 Å². The Bertz CT molecular complexity index is 282. The van der Waals surface area contributed by atoms with E-state index < -0.39 is 0 Å². The lowest BCUT2D eigenvalue weighted by Gasteiger charge is -2.21. The molecule has 0 saturated heterocycles. The summed E-state index contributed by atoms with van der Waals surface area (Å²) < 4.78 is 5.16. The van der Waals surface area contributed by atoms with E-state index in [1.165, 1.54) is 17.7 Å². The van der Waals surface area contributed by atoms with E-state index in [4.69, 9.17) is 4.74 Å². The van der Waals surface area contributed by atoms with Gasteiger partial charge < -0.3 is 10.1 Å². The maximum atomic E-state index is 5.16. The molecule has 0 aliphatic heterocycles. The molecule has 1 saturated carbocycles. The van der Waals surface area contributed by atoms with Crippen LogP contribution in [-0.4, -0.2) is 19.8 Å². The third-order valence-corrected chi connectivity index (χ3v) is 3.78. The van der Waals surface area contributed by atoms with Crippen molar-refractivity contribution in [2.75, 3.05) is 13.7 Å². The van der Waals surface area contributed by atoms with Crippen LogP contribution in [0.25, 0.3) is 0 Å². The van der Waals surface area contributed by atoms with E-state index in [2.05, 4.69) is 29.8 Å². The van der Waals surface area contributed by atoms with Crippen LogP contribution in [0.2, 0.25) is 0 Å². The van der Waals surface area contributed by atoms with Crippen molar-refractivity contribution in [3.8, 4) is 0 Å². The van der Waals surface area contributed by atoms with Crippen molar-refractivity contribution in [2.45, 2.75) is 31.8 Å². The van der Waals surface area contributed by atoms with Gasteiger partial charge in [0, 0.05) is 24.1 Å². The van der Waals surface area contributed by atoms with Gasteiger partial charge >= 0.3 is 0 Å². The number of hydrogen-bond donors (Lipinski definition) is 1. The van der Waals surface area contributed by atoms with Gasteiger partial charge in [0.25, 0.3) is 0 Å². The summed E-state index contributed by atoms with van der Waals surface area (Å²) in [5, 5.41) is 5.83. The summed E-state index contributed by atoms with van der Waals surface area (Å²) in [4.78, 5) is 1.47. The Morgan fingerprint density at radius 3 is 2.93 bits per heavy atom. The number of nitrogens with one attached hydrogen (secondary N) is 1. The first-order valence-corrected chi connectivity index (χ1v) is 6.47. The van der Waals surface area contributed by atoms with E-state index in [0.29, 0.717) is 12.1 Å². The van der Waals surface area contributed by atoms with Gasteiger partial charge in [-0.3, -0.25) is 0 Å². The summed E-state index contributed by atoms with van der Waals surface area (Å²) in [5.41, 5.74) is 0. The van der Waals surface area contributed by atoms with Crippen molar-refractivity contribution in [1.29, 1.82) is 0 Å². The van der Waals surface area contributed by atoms with E-state index in [1.54, 1.807) is 7.11 Å². The molecule has 0 amide bonds. The zero-order chi connectivity index (χ0) is 10.7. The van der Waals surface area contributed by atoms with Gasteiger partial charge in [0.1, 0.15) is 0 Å². The molecule has 1 aromatic rings. The lowest BCUT2D eigenvalue weighted by molar-refractivity contribution is 0.165. The summed E-state index contributed by atoms with van der Waals surface area (Å²) >= 11 is 1.86. The quantitative estimate of drug-likeness (QED) is 0.804. The van der Waals surface area contributed by atoms with Crippen molar-refractivity contribution in [3.63, 3.8) is 0 Å². The van der Waals surface area contributed by atoms with Gasteiger partial charge in [0.15, 0.2) is 0 Å². The van der Waals surface area contributed by atoms with Gasteiger partial charge in [-0.25, -0.2) is 0 Å². The van der Waals surface area contributed by atoms with Crippen molar-refractivity contribution >= 4 is 11.3 Å². The van der Waals surface area contributed by atoms with Crippen LogP contribution in [0.5, 0.6) is 0 Å². The monoisotopic (exact) mass is 225 g/mol. The molecule has 0 aromatic carbocycles. The molecular weight excluding hydrogens is 206 g/mol. The maximum absolute atomic E-state index is 5.16. The number of methoxy groups -OCH3 is 1. The topological polar surface area (TPSA) is 21.3 Å². The molecular formula is C12H19NOS. The molecule has 2 rings (SSSR count). The number of hydrogen-bond acceptors (Lipinski definition) is 3. The second-order valence-corrected chi connectivity index (χ2v) is 5.33. The first-order valence-electron chi connectivity index (χ1n) is 5.59. The van der Waals surface area contributed by atoms with Crippen LogP contribution in [0, 0.1) is 5.92 Å². The highest BCUT2D eigenvalue weighted by Crippen LogP contribution is 2.42. The first kappa shape index (κ1) is 11.1. The van der Waals surface area contributed by atoms with Crippen LogP contribution in [0.3, 0.4) is 0 Å². The zero-order valence-electron chi connectivity index (χ0n) is 9.40. The van der Waals surface area contributed by atoms with E-state index in [1.807, 2.05) is 11.3 Å². The molecule has 1 N–H and O–H groups in total. The smallest absolute Gasteiger partial charge is 0.0613 e. The zero-order valence-corrected chi connectivity index (χ0v) is 10.2. The second-order valence-electron chi connectivity index (χ2n) is 4.35. The van der Waals surface area contributed by atoms with Gasteiger partial charge in [-0.05, 0) is 37.1 Å². The Hall–Kier alpha value is -0.380. The van der Waals surface area contributed by atoms with Gasteiger partial charge in [-0.15, -0.1) is 11.3 Å². The Kier molecular flexibility index (Phi) is 3.78. The molecule has 1 fully saturated rings. The molecule has 15 heavy (non-hydrogen) atoms. The van der Waals surface area contributed by atoms with E-state index in [9.17, 15) is 0 Å². The Balaban J connectivity index is 1.95. The molecule has 1 aliphatic rings. The lowest BCUT2D eigenvalue weighted by atomic mass is 10.1. The van der Waals surface area contributed by atoms with Crippen LogP contribution >= 0.6 is 11.3 Å². The van der Waals surface area contributed by atoms with Crippen molar-refractivity contribution in [2.24, 2.45) is 5.92 Å². The fourth-order valence-corrected chi connectivity index (χ4v) is 2.83. The Morgan fingerprint density at radius 2 is 2.40 bits per heavy atom. The molecule has 1 aromatic heterocycles. The summed E-state index contributed by atoms with van der Waals surface area (Å²) in [6.07, 6.45) is 2.74. The molecule has 3 heteroatoms. The normalized spacial score (nSPS) is 20.1. The van der Waals surface area contributed by atoms with Gasteiger partial charge in [0.2, 0.25) is 0 Å². The molecule has 2 atom stereocenters. The van der Waals surface area contributed by atoms with Gasteiger partial charge in [-0.2, -0.15) is 0 Å². The average Bonchev–Trinajstić information content (AvgIpc) is 2.90. The molecule has 84 valence electrons. The van der Waals surface area contributed by atoms with Gasteiger partial charge in [-0.1, -0.05) is 6.07 Å². The lowest BCUT2D eigenvalue weighted by Crippen LogP contribution is -2.34. The third kappa shape index (κ3) is 3.03. The minimum Gasteiger partial charge on any atom is -0.383 e. The van der Waals surface area contributed by atoms with Crippen LogP contribution in [0.1, 0.15) is 30.7 Å². The molecule has 0 spiro atoms. The van der Waals surface area contributed by atoms with Crippen LogP contribution < -0.4 is 5.32 Å². The first-order chi connectivity index (χ1) is 7.31. The summed E-state index contributed by atoms with van der Waals surface area (Å²) in [5.74, 6) is 0.850. The van der Waals surface area contributed by atoms with E-state index in [0.717, 1.165) is 12.5 Å². The molecule has 0 bridgehead atoms. The Labute approximate surface area is 95.6 Å². The summed E-state index contributed by atoms with van der Waals surface area (Å²) in [7, 11) is 1.76. The van der Waals surface area contributed by atoms with Crippen LogP contribution in [0.4, 0.5) is 0 Å². The largest absolute Gasteiger partial charge is 0.383 e. The Morgan fingerprint density at radius 1 is 1.60 bits per heavy atom. The summed E-state index contributed by atoms with van der Waals surface area (Å²) in [6, 6.07) is 5.36. The van der Waals surface area contributed by atoms with E-state index in [-0.39, 0.29) is 0 Å². The highest BCUT2D eigenvalue weighted by molar-refractivity contribution is 7.10. The fraction of sp³-hybridized carbons (Fsp3) is 0.667. The van der Waals surface area contributed by atoms with E-state index >= 15 is 0 Å². The standard InChI is InChI=1S/C12H19NOS/c1-9(8-14-2)13-12(10-5-6-10)11-4-3-7-15-11/h3-4,7,9-10,12-13H,5-6,8H2,1-2H3. The maximum Gasteiger partial charge on any atom is 0.0613 e.